The molecular weight excluding hydrogens is 165 g/mol. The maximum absolute atomic E-state index is 10.6. The van der Waals surface area contributed by atoms with Gasteiger partial charge < -0.3 is 4.89 Å². The average Bonchev–Trinajstić information content (AvgIpc) is 1.55. The molecular formula is C6H14NO3P. The van der Waals surface area contributed by atoms with Gasteiger partial charge in [-0.3, -0.25) is 4.52 Å². The van der Waals surface area contributed by atoms with Gasteiger partial charge >= 0.3 is 7.75 Å². The lowest BCUT2D eigenvalue weighted by Gasteiger charge is -2.21. The molecule has 0 heterocycles. The molecule has 0 aliphatic carbocycles. The van der Waals surface area contributed by atoms with Crippen molar-refractivity contribution in [3.8, 4) is 0 Å². The highest BCUT2D eigenvalue weighted by atomic mass is 31.2. The van der Waals surface area contributed by atoms with Gasteiger partial charge in [-0.15, -0.1) is 0 Å². The second-order valence-electron chi connectivity index (χ2n) is 2.76. The maximum Gasteiger partial charge on any atom is 0.401 e. The highest BCUT2D eigenvalue weighted by Gasteiger charge is 2.24. The van der Waals surface area contributed by atoms with Crippen LogP contribution in [0.2, 0.25) is 0 Å². The van der Waals surface area contributed by atoms with Crippen molar-refractivity contribution in [3.63, 3.8) is 0 Å². The van der Waals surface area contributed by atoms with Crippen LogP contribution in [0.4, 0.5) is 0 Å². The fourth-order valence-electron chi connectivity index (χ4n) is 0.769. The number of hydrogen-bond donors (Lipinski definition) is 2. The van der Waals surface area contributed by atoms with Crippen molar-refractivity contribution >= 4 is 7.75 Å². The third kappa shape index (κ3) is 6.26. The molecule has 0 bridgehead atoms. The Bertz CT molecular complexity index is 194. The fraction of sp³-hybridized carbons (Fsp3) is 0.667. The van der Waals surface area contributed by atoms with Crippen LogP contribution in [0.15, 0.2) is 12.2 Å². The van der Waals surface area contributed by atoms with Crippen LogP contribution in [0.3, 0.4) is 0 Å². The molecule has 5 heteroatoms. The van der Waals surface area contributed by atoms with E-state index in [-0.39, 0.29) is 0 Å². The molecule has 0 saturated carbocycles. The van der Waals surface area contributed by atoms with Gasteiger partial charge in [-0.1, -0.05) is 12.2 Å². The Kier molecular flexibility index (Phi) is 3.45. The van der Waals surface area contributed by atoms with Crippen molar-refractivity contribution in [2.24, 2.45) is 5.50 Å². The molecule has 4 nitrogen and oxygen atoms in total. The van der Waals surface area contributed by atoms with Crippen molar-refractivity contribution in [1.82, 2.24) is 0 Å². The van der Waals surface area contributed by atoms with Crippen molar-refractivity contribution in [2.75, 3.05) is 0 Å². The molecule has 0 saturated heterocycles. The first-order valence-corrected chi connectivity index (χ1v) is 4.87. The summed E-state index contributed by atoms with van der Waals surface area (Å²) in [6.07, 6.45) is 3.39. The Hall–Kier alpha value is -0.150. The first-order chi connectivity index (χ1) is 4.77. The lowest BCUT2D eigenvalue weighted by atomic mass is 10.1. The number of rotatable bonds is 3. The van der Waals surface area contributed by atoms with E-state index in [1.807, 2.05) is 0 Å². The maximum atomic E-state index is 10.6. The summed E-state index contributed by atoms with van der Waals surface area (Å²) >= 11 is 0. The minimum absolute atomic E-state index is 0.784. The van der Waals surface area contributed by atoms with Crippen molar-refractivity contribution in [1.29, 1.82) is 0 Å². The van der Waals surface area contributed by atoms with Crippen molar-refractivity contribution in [3.05, 3.63) is 12.2 Å². The lowest BCUT2D eigenvalue weighted by Crippen LogP contribution is -2.21. The van der Waals surface area contributed by atoms with E-state index in [0.29, 0.717) is 0 Å². The lowest BCUT2D eigenvalue weighted by molar-refractivity contribution is 0.138. The van der Waals surface area contributed by atoms with E-state index >= 15 is 0 Å². The molecule has 0 spiro atoms. The minimum atomic E-state index is -3.87. The molecule has 0 fully saturated rings. The molecule has 0 aromatic carbocycles. The van der Waals surface area contributed by atoms with Crippen LogP contribution in [0, 0.1) is 0 Å². The minimum Gasteiger partial charge on any atom is -0.313 e. The molecule has 3 N–H and O–H groups in total. The SMILES string of the molecule is C/C=C/C(C)(C)OP(N)(=O)O. The smallest absolute Gasteiger partial charge is 0.313 e. The summed E-state index contributed by atoms with van der Waals surface area (Å²) in [5.74, 6) is 0. The van der Waals surface area contributed by atoms with Gasteiger partial charge in [-0.2, -0.15) is 0 Å². The Balaban J connectivity index is 4.24. The molecule has 1 unspecified atom stereocenters. The first-order valence-electron chi connectivity index (χ1n) is 3.23. The summed E-state index contributed by atoms with van der Waals surface area (Å²) < 4.78 is 15.2. The second kappa shape index (κ2) is 3.50. The van der Waals surface area contributed by atoms with Gasteiger partial charge in [0.15, 0.2) is 0 Å². The molecule has 0 aliphatic rings. The van der Waals surface area contributed by atoms with E-state index in [4.69, 9.17) is 10.4 Å². The van der Waals surface area contributed by atoms with E-state index in [1.165, 1.54) is 0 Å². The Morgan fingerprint density at radius 3 is 2.36 bits per heavy atom. The predicted molar refractivity (Wildman–Crippen MR) is 44.0 cm³/mol. The van der Waals surface area contributed by atoms with E-state index in [2.05, 4.69) is 4.52 Å². The summed E-state index contributed by atoms with van der Waals surface area (Å²) in [6.45, 7) is 5.11. The van der Waals surface area contributed by atoms with Gasteiger partial charge in [0.25, 0.3) is 0 Å². The average molecular weight is 179 g/mol. The molecule has 11 heavy (non-hydrogen) atoms. The number of hydrogen-bond acceptors (Lipinski definition) is 2. The summed E-state index contributed by atoms with van der Waals surface area (Å²) in [6, 6.07) is 0. The van der Waals surface area contributed by atoms with Gasteiger partial charge in [0, 0.05) is 0 Å². The van der Waals surface area contributed by atoms with Crippen LogP contribution in [-0.2, 0) is 9.09 Å². The molecule has 0 aromatic rings. The van der Waals surface area contributed by atoms with Gasteiger partial charge in [0.2, 0.25) is 0 Å². The van der Waals surface area contributed by atoms with Crippen LogP contribution in [0.25, 0.3) is 0 Å². The fourth-order valence-corrected chi connectivity index (χ4v) is 1.50. The molecule has 0 amide bonds. The zero-order chi connectivity index (χ0) is 9.12. The summed E-state index contributed by atoms with van der Waals surface area (Å²) in [4.78, 5) is 8.66. The summed E-state index contributed by atoms with van der Waals surface area (Å²) in [5.41, 5.74) is 4.02. The number of nitrogens with two attached hydrogens (primary N) is 1. The molecule has 0 radical (unpaired) electrons. The first kappa shape index (κ1) is 10.8. The van der Waals surface area contributed by atoms with Crippen LogP contribution < -0.4 is 5.50 Å². The zero-order valence-corrected chi connectivity index (χ0v) is 7.84. The summed E-state index contributed by atoms with van der Waals surface area (Å²) in [5, 5.41) is 0. The number of allylic oxidation sites excluding steroid dienone is 1. The van der Waals surface area contributed by atoms with E-state index in [0.717, 1.165) is 0 Å². The quantitative estimate of drug-likeness (QED) is 0.507. The third-order valence-electron chi connectivity index (χ3n) is 0.934. The zero-order valence-electron chi connectivity index (χ0n) is 6.94. The molecule has 0 rings (SSSR count). The van der Waals surface area contributed by atoms with Crippen molar-refractivity contribution < 1.29 is 14.0 Å². The van der Waals surface area contributed by atoms with E-state index < -0.39 is 13.3 Å². The largest absolute Gasteiger partial charge is 0.401 e. The van der Waals surface area contributed by atoms with Crippen LogP contribution in [0.5, 0.6) is 0 Å². The predicted octanol–water partition coefficient (Wildman–Crippen LogP) is 1.42. The summed E-state index contributed by atoms with van der Waals surface area (Å²) in [7, 11) is -3.87. The van der Waals surface area contributed by atoms with Crippen molar-refractivity contribution in [2.45, 2.75) is 26.4 Å². The highest BCUT2D eigenvalue weighted by molar-refractivity contribution is 7.50. The molecule has 0 aromatic heterocycles. The van der Waals surface area contributed by atoms with Gasteiger partial charge in [-0.05, 0) is 20.8 Å². The third-order valence-corrected chi connectivity index (χ3v) is 1.67. The second-order valence-corrected chi connectivity index (χ2v) is 4.07. The van der Waals surface area contributed by atoms with E-state index in [1.54, 1.807) is 32.9 Å². The van der Waals surface area contributed by atoms with Crippen LogP contribution in [-0.4, -0.2) is 10.5 Å². The highest BCUT2D eigenvalue weighted by Crippen LogP contribution is 2.37. The molecule has 1 atom stereocenters. The van der Waals surface area contributed by atoms with E-state index in [9.17, 15) is 4.57 Å². The molecule has 66 valence electrons. The van der Waals surface area contributed by atoms with Crippen LogP contribution in [0.1, 0.15) is 20.8 Å². The van der Waals surface area contributed by atoms with Gasteiger partial charge in [-0.25, -0.2) is 10.1 Å². The normalized spacial score (nSPS) is 18.6. The Morgan fingerprint density at radius 2 is 2.09 bits per heavy atom. The standard InChI is InChI=1S/C6H14NO3P/c1-4-5-6(2,3)10-11(7,8)9/h4-5H,1-3H3,(H3,7,8,9)/b5-4+. The van der Waals surface area contributed by atoms with Gasteiger partial charge in [0.1, 0.15) is 0 Å². The monoisotopic (exact) mass is 179 g/mol. The Labute approximate surface area is 66.6 Å². The van der Waals surface area contributed by atoms with Gasteiger partial charge in [0.05, 0.1) is 5.60 Å². The molecule has 0 aliphatic heterocycles. The van der Waals surface area contributed by atoms with Crippen LogP contribution >= 0.6 is 7.75 Å². The Morgan fingerprint density at radius 1 is 1.64 bits per heavy atom. The topological polar surface area (TPSA) is 72.5 Å².